The van der Waals surface area contributed by atoms with Crippen LogP contribution in [0.15, 0.2) is 71.8 Å². The van der Waals surface area contributed by atoms with Crippen LogP contribution in [0.25, 0.3) is 11.3 Å². The van der Waals surface area contributed by atoms with Crippen LogP contribution in [0.5, 0.6) is 28.7 Å². The highest BCUT2D eigenvalue weighted by Gasteiger charge is 2.20. The van der Waals surface area contributed by atoms with Gasteiger partial charge in [0.15, 0.2) is 23.9 Å². The predicted octanol–water partition coefficient (Wildman–Crippen LogP) is 4.98. The topological polar surface area (TPSA) is 144 Å². The fourth-order valence-corrected chi connectivity index (χ4v) is 3.69. The number of nitrogens with zero attached hydrogens (tertiary/aromatic N) is 2. The lowest BCUT2D eigenvalue weighted by molar-refractivity contribution is -0.118. The van der Waals surface area contributed by atoms with Gasteiger partial charge in [0.2, 0.25) is 0 Å². The van der Waals surface area contributed by atoms with Gasteiger partial charge >= 0.3 is 0 Å². The van der Waals surface area contributed by atoms with Crippen LogP contribution in [0.2, 0.25) is 0 Å². The maximum absolute atomic E-state index is 12.4. The molecule has 196 valence electrons. The Morgan fingerprint density at radius 1 is 1.08 bits per heavy atom. The molecule has 0 saturated carbocycles. The Hall–Kier alpha value is -4.99. The Labute approximate surface area is 220 Å². The molecule has 0 radical (unpaired) electrons. The number of benzene rings is 3. The van der Waals surface area contributed by atoms with Gasteiger partial charge in [0.25, 0.3) is 5.91 Å². The predicted molar refractivity (Wildman–Crippen MR) is 145 cm³/mol. The van der Waals surface area contributed by atoms with E-state index in [1.54, 1.807) is 43.3 Å². The number of ether oxygens (including phenoxy) is 3. The number of aryl methyl sites for hydroxylation is 1. The molecule has 5 N–H and O–H groups in total. The number of carbonyl (C=O) groups excluding carboxylic acids is 1. The van der Waals surface area contributed by atoms with E-state index < -0.39 is 0 Å². The van der Waals surface area contributed by atoms with Crippen LogP contribution in [0.1, 0.15) is 25.1 Å². The Morgan fingerprint density at radius 3 is 2.61 bits per heavy atom. The Balaban J connectivity index is 1.45. The molecule has 10 heteroatoms. The first kappa shape index (κ1) is 26.1. The van der Waals surface area contributed by atoms with E-state index in [4.69, 9.17) is 20.1 Å². The van der Waals surface area contributed by atoms with Gasteiger partial charge in [-0.15, -0.1) is 0 Å². The fraction of sp³-hybridized carbons (Fsp3) is 0.179. The molecule has 4 aromatic rings. The van der Waals surface area contributed by atoms with Crippen LogP contribution in [0.3, 0.4) is 0 Å². The summed E-state index contributed by atoms with van der Waals surface area (Å²) in [5.41, 5.74) is 3.57. The van der Waals surface area contributed by atoms with E-state index in [1.807, 2.05) is 38.1 Å². The molecule has 0 aliphatic carbocycles. The number of hydrogen-bond donors (Lipinski definition) is 4. The van der Waals surface area contributed by atoms with Crippen LogP contribution < -0.4 is 25.4 Å². The van der Waals surface area contributed by atoms with Crippen LogP contribution in [-0.2, 0) is 4.79 Å². The number of aromatic amines is 1. The van der Waals surface area contributed by atoms with Crippen molar-refractivity contribution in [2.75, 3.05) is 18.5 Å². The number of H-pyrrole nitrogens is 1. The largest absolute Gasteiger partial charge is 0.507 e. The number of nitrogens with two attached hydrogens (primary N) is 1. The lowest BCUT2D eigenvalue weighted by Crippen LogP contribution is -2.20. The van der Waals surface area contributed by atoms with Crippen LogP contribution >= 0.6 is 0 Å². The normalized spacial score (nSPS) is 11.2. The molecule has 0 aliphatic heterocycles. The summed E-state index contributed by atoms with van der Waals surface area (Å²) in [6.45, 7) is 5.74. The van der Waals surface area contributed by atoms with Crippen molar-refractivity contribution in [1.82, 2.24) is 10.2 Å². The van der Waals surface area contributed by atoms with E-state index in [1.165, 1.54) is 6.07 Å². The molecule has 3 aromatic carbocycles. The number of phenols is 1. The van der Waals surface area contributed by atoms with Crippen molar-refractivity contribution in [3.8, 4) is 40.0 Å². The first-order chi connectivity index (χ1) is 18.4. The third kappa shape index (κ3) is 6.04. The second kappa shape index (κ2) is 11.8. The SMILES string of the molecule is CCOc1ccccc1Oc1c(-c2ccc(OCC(=O)Nc3cccc(C(C)=NN)c3)cc2O)n[nH]c1C. The lowest BCUT2D eigenvalue weighted by atomic mass is 10.1. The number of hydrogen-bond acceptors (Lipinski definition) is 8. The Kier molecular flexibility index (Phi) is 8.12. The first-order valence-electron chi connectivity index (χ1n) is 11.9. The van der Waals surface area contributed by atoms with Crippen molar-refractivity contribution in [2.45, 2.75) is 20.8 Å². The van der Waals surface area contributed by atoms with E-state index >= 15 is 0 Å². The van der Waals surface area contributed by atoms with Gasteiger partial charge in [0.1, 0.15) is 17.2 Å². The Bertz CT molecular complexity index is 1460. The molecule has 0 bridgehead atoms. The molecule has 0 aliphatic rings. The molecule has 10 nitrogen and oxygen atoms in total. The number of nitrogens with one attached hydrogen (secondary N) is 2. The number of aromatic hydroxyl groups is 1. The zero-order chi connectivity index (χ0) is 27.1. The highest BCUT2D eigenvalue weighted by Crippen LogP contribution is 2.41. The van der Waals surface area contributed by atoms with Crippen molar-refractivity contribution in [1.29, 1.82) is 0 Å². The van der Waals surface area contributed by atoms with Crippen LogP contribution in [-0.4, -0.2) is 40.1 Å². The average Bonchev–Trinajstić information content (AvgIpc) is 3.28. The molecule has 0 fully saturated rings. The summed E-state index contributed by atoms with van der Waals surface area (Å²) in [6, 6.07) is 19.2. The third-order valence-corrected chi connectivity index (χ3v) is 5.60. The number of aromatic nitrogens is 2. The van der Waals surface area contributed by atoms with Crippen molar-refractivity contribution in [3.05, 3.63) is 78.0 Å². The number of amides is 1. The number of carbonyl (C=O) groups is 1. The monoisotopic (exact) mass is 515 g/mol. The summed E-state index contributed by atoms with van der Waals surface area (Å²) in [7, 11) is 0. The molecule has 0 spiro atoms. The van der Waals surface area contributed by atoms with Crippen molar-refractivity contribution >= 4 is 17.3 Å². The summed E-state index contributed by atoms with van der Waals surface area (Å²) in [5, 5.41) is 24.4. The minimum absolute atomic E-state index is 0.0819. The van der Waals surface area contributed by atoms with Gasteiger partial charge < -0.3 is 30.5 Å². The highest BCUT2D eigenvalue weighted by molar-refractivity contribution is 6.00. The van der Waals surface area contributed by atoms with Crippen molar-refractivity contribution < 1.29 is 24.1 Å². The molecule has 0 saturated heterocycles. The summed E-state index contributed by atoms with van der Waals surface area (Å²) >= 11 is 0. The van der Waals surface area contributed by atoms with Crippen LogP contribution in [0, 0.1) is 6.92 Å². The van der Waals surface area contributed by atoms with E-state index in [0.29, 0.717) is 58.0 Å². The molecular formula is C28H29N5O5. The molecule has 4 rings (SSSR count). The summed E-state index contributed by atoms with van der Waals surface area (Å²) < 4.78 is 17.4. The smallest absolute Gasteiger partial charge is 0.262 e. The Morgan fingerprint density at radius 2 is 1.87 bits per heavy atom. The molecule has 0 atom stereocenters. The zero-order valence-electron chi connectivity index (χ0n) is 21.3. The second-order valence-electron chi connectivity index (χ2n) is 8.32. The number of hydrazone groups is 1. The number of para-hydroxylation sites is 2. The van der Waals surface area contributed by atoms with Gasteiger partial charge in [-0.25, -0.2) is 0 Å². The van der Waals surface area contributed by atoms with E-state index in [0.717, 1.165) is 5.56 Å². The van der Waals surface area contributed by atoms with Gasteiger partial charge in [0, 0.05) is 17.3 Å². The lowest BCUT2D eigenvalue weighted by Gasteiger charge is -2.13. The number of phenolic OH excluding ortho intramolecular Hbond substituents is 1. The summed E-state index contributed by atoms with van der Waals surface area (Å²) in [4.78, 5) is 12.4. The standard InChI is InChI=1S/C28H29N5O5/c1-4-36-24-10-5-6-11-25(24)38-28-18(3)32-33-27(28)22-13-12-21(15-23(22)34)37-16-26(35)30-20-9-7-8-19(14-20)17(2)31-29/h5-15,34H,4,16,29H2,1-3H3,(H,30,35)(H,32,33). The van der Waals surface area contributed by atoms with Crippen molar-refractivity contribution in [3.63, 3.8) is 0 Å². The molecular weight excluding hydrogens is 486 g/mol. The highest BCUT2D eigenvalue weighted by atomic mass is 16.5. The van der Waals surface area contributed by atoms with Gasteiger partial charge in [-0.3, -0.25) is 9.89 Å². The number of rotatable bonds is 10. The number of anilines is 1. The average molecular weight is 516 g/mol. The van der Waals surface area contributed by atoms with Gasteiger partial charge in [0.05, 0.1) is 18.0 Å². The first-order valence-corrected chi connectivity index (χ1v) is 11.9. The molecule has 1 aromatic heterocycles. The quantitative estimate of drug-likeness (QED) is 0.132. The van der Waals surface area contributed by atoms with Gasteiger partial charge in [-0.1, -0.05) is 24.3 Å². The molecule has 1 heterocycles. The van der Waals surface area contributed by atoms with E-state index in [2.05, 4.69) is 20.6 Å². The molecule has 38 heavy (non-hydrogen) atoms. The maximum Gasteiger partial charge on any atom is 0.262 e. The van der Waals surface area contributed by atoms with Gasteiger partial charge in [-0.05, 0) is 62.7 Å². The third-order valence-electron chi connectivity index (χ3n) is 5.60. The zero-order valence-corrected chi connectivity index (χ0v) is 21.3. The fourth-order valence-electron chi connectivity index (χ4n) is 3.69. The minimum Gasteiger partial charge on any atom is -0.507 e. The summed E-state index contributed by atoms with van der Waals surface area (Å²) in [6.07, 6.45) is 0. The van der Waals surface area contributed by atoms with E-state index in [9.17, 15) is 9.90 Å². The van der Waals surface area contributed by atoms with Gasteiger partial charge in [-0.2, -0.15) is 10.2 Å². The minimum atomic E-state index is -0.361. The molecule has 1 amide bonds. The maximum atomic E-state index is 12.4. The second-order valence-corrected chi connectivity index (χ2v) is 8.32. The van der Waals surface area contributed by atoms with Crippen molar-refractivity contribution in [2.24, 2.45) is 10.9 Å². The summed E-state index contributed by atoms with van der Waals surface area (Å²) in [5.74, 6) is 6.79. The van der Waals surface area contributed by atoms with Crippen LogP contribution in [0.4, 0.5) is 5.69 Å². The molecule has 0 unspecified atom stereocenters. The van der Waals surface area contributed by atoms with E-state index in [-0.39, 0.29) is 18.3 Å².